The van der Waals surface area contributed by atoms with E-state index < -0.39 is 0 Å². The van der Waals surface area contributed by atoms with Crippen LogP contribution in [0.25, 0.3) is 5.52 Å². The molecule has 1 saturated heterocycles. The highest BCUT2D eigenvalue weighted by Crippen LogP contribution is 2.13. The van der Waals surface area contributed by atoms with Crippen molar-refractivity contribution < 1.29 is 4.74 Å². The highest BCUT2D eigenvalue weighted by molar-refractivity contribution is 5.66. The summed E-state index contributed by atoms with van der Waals surface area (Å²) in [4.78, 5) is 6.77. The predicted molar refractivity (Wildman–Crippen MR) is 73.3 cm³/mol. The molecule has 0 aromatic carbocycles. The SMILES string of the molecule is CCN1CCOC(CNc2nccn3nccc23)C1. The van der Waals surface area contributed by atoms with E-state index in [-0.39, 0.29) is 6.10 Å². The molecule has 0 radical (unpaired) electrons. The number of nitrogens with one attached hydrogen (secondary N) is 1. The van der Waals surface area contributed by atoms with Gasteiger partial charge in [-0.25, -0.2) is 9.50 Å². The van der Waals surface area contributed by atoms with Crippen LogP contribution >= 0.6 is 0 Å². The van der Waals surface area contributed by atoms with Crippen LogP contribution < -0.4 is 5.32 Å². The molecule has 1 unspecified atom stereocenters. The summed E-state index contributed by atoms with van der Waals surface area (Å²) in [5, 5.41) is 7.56. The van der Waals surface area contributed by atoms with Gasteiger partial charge in [-0.2, -0.15) is 5.10 Å². The molecule has 6 nitrogen and oxygen atoms in total. The lowest BCUT2D eigenvalue weighted by atomic mass is 10.2. The number of aromatic nitrogens is 3. The first-order valence-corrected chi connectivity index (χ1v) is 6.73. The van der Waals surface area contributed by atoms with Gasteiger partial charge in [-0.15, -0.1) is 0 Å². The maximum absolute atomic E-state index is 5.77. The zero-order valence-corrected chi connectivity index (χ0v) is 11.1. The molecule has 0 saturated carbocycles. The van der Waals surface area contributed by atoms with Gasteiger partial charge in [0.2, 0.25) is 0 Å². The number of anilines is 1. The topological polar surface area (TPSA) is 54.7 Å². The van der Waals surface area contributed by atoms with Crippen LogP contribution in [0, 0.1) is 0 Å². The number of morpholine rings is 1. The van der Waals surface area contributed by atoms with Crippen molar-refractivity contribution >= 4 is 11.3 Å². The molecule has 1 aliphatic heterocycles. The standard InChI is InChI=1S/C13H19N5O/c1-2-17-7-8-19-11(10-17)9-15-13-12-3-4-16-18(12)6-5-14-13/h3-6,11H,2,7-10H2,1H3,(H,14,15). The minimum absolute atomic E-state index is 0.221. The third-order valence-electron chi connectivity index (χ3n) is 3.49. The maximum atomic E-state index is 5.77. The number of hydrogen-bond donors (Lipinski definition) is 1. The molecule has 0 amide bonds. The minimum atomic E-state index is 0.221. The number of rotatable bonds is 4. The predicted octanol–water partition coefficient (Wildman–Crippen LogP) is 0.862. The first-order chi connectivity index (χ1) is 9.36. The van der Waals surface area contributed by atoms with Crippen LogP contribution in [0.4, 0.5) is 5.82 Å². The zero-order chi connectivity index (χ0) is 13.1. The van der Waals surface area contributed by atoms with Gasteiger partial charge in [-0.1, -0.05) is 6.92 Å². The fraction of sp³-hybridized carbons (Fsp3) is 0.538. The van der Waals surface area contributed by atoms with Gasteiger partial charge in [0, 0.05) is 32.0 Å². The van der Waals surface area contributed by atoms with E-state index in [1.807, 2.05) is 16.8 Å². The quantitative estimate of drug-likeness (QED) is 0.884. The Balaban J connectivity index is 1.64. The first-order valence-electron chi connectivity index (χ1n) is 6.73. The molecule has 102 valence electrons. The summed E-state index contributed by atoms with van der Waals surface area (Å²) in [6.45, 7) is 6.86. The van der Waals surface area contributed by atoms with E-state index in [0.29, 0.717) is 0 Å². The fourth-order valence-electron chi connectivity index (χ4n) is 2.40. The number of likely N-dealkylation sites (N-methyl/N-ethyl adjacent to an activating group) is 1. The lowest BCUT2D eigenvalue weighted by Gasteiger charge is -2.32. The van der Waals surface area contributed by atoms with Gasteiger partial charge in [0.05, 0.1) is 18.9 Å². The first kappa shape index (κ1) is 12.4. The molecule has 6 heteroatoms. The number of ether oxygens (including phenoxy) is 1. The van der Waals surface area contributed by atoms with Gasteiger partial charge >= 0.3 is 0 Å². The summed E-state index contributed by atoms with van der Waals surface area (Å²) in [6, 6.07) is 1.95. The van der Waals surface area contributed by atoms with Gasteiger partial charge in [-0.3, -0.25) is 4.90 Å². The maximum Gasteiger partial charge on any atom is 0.152 e. The Morgan fingerprint density at radius 3 is 3.32 bits per heavy atom. The Bertz CT molecular complexity index is 541. The van der Waals surface area contributed by atoms with Crippen LogP contribution in [0.2, 0.25) is 0 Å². The lowest BCUT2D eigenvalue weighted by molar-refractivity contribution is -0.0192. The Hall–Kier alpha value is -1.66. The average molecular weight is 261 g/mol. The lowest BCUT2D eigenvalue weighted by Crippen LogP contribution is -2.45. The van der Waals surface area contributed by atoms with Crippen LogP contribution in [0.5, 0.6) is 0 Å². The Morgan fingerprint density at radius 2 is 2.42 bits per heavy atom. The molecule has 19 heavy (non-hydrogen) atoms. The minimum Gasteiger partial charge on any atom is -0.374 e. The van der Waals surface area contributed by atoms with E-state index in [1.54, 1.807) is 12.4 Å². The Kier molecular flexibility index (Phi) is 3.61. The summed E-state index contributed by atoms with van der Waals surface area (Å²) in [7, 11) is 0. The second-order valence-electron chi connectivity index (χ2n) is 4.70. The van der Waals surface area contributed by atoms with Crippen molar-refractivity contribution in [3.63, 3.8) is 0 Å². The Labute approximate surface area is 112 Å². The highest BCUT2D eigenvalue weighted by atomic mass is 16.5. The molecule has 0 aliphatic carbocycles. The van der Waals surface area contributed by atoms with Gasteiger partial charge in [0.25, 0.3) is 0 Å². The van der Waals surface area contributed by atoms with Crippen molar-refractivity contribution in [3.8, 4) is 0 Å². The van der Waals surface area contributed by atoms with Crippen molar-refractivity contribution in [1.82, 2.24) is 19.5 Å². The summed E-state index contributed by atoms with van der Waals surface area (Å²) in [5.41, 5.74) is 0.991. The van der Waals surface area contributed by atoms with Crippen LogP contribution in [0.3, 0.4) is 0 Å². The van der Waals surface area contributed by atoms with Gasteiger partial charge in [0.1, 0.15) is 5.52 Å². The summed E-state index contributed by atoms with van der Waals surface area (Å²) in [5.74, 6) is 0.859. The molecule has 2 aromatic rings. The summed E-state index contributed by atoms with van der Waals surface area (Å²) in [6.07, 6.45) is 5.59. The highest BCUT2D eigenvalue weighted by Gasteiger charge is 2.19. The van der Waals surface area contributed by atoms with E-state index >= 15 is 0 Å². The smallest absolute Gasteiger partial charge is 0.152 e. The van der Waals surface area contributed by atoms with E-state index in [1.165, 1.54) is 0 Å². The third kappa shape index (κ3) is 2.69. The fourth-order valence-corrected chi connectivity index (χ4v) is 2.40. The molecule has 2 aromatic heterocycles. The number of fused-ring (bicyclic) bond motifs is 1. The van der Waals surface area contributed by atoms with Crippen molar-refractivity contribution in [2.75, 3.05) is 38.1 Å². The summed E-state index contributed by atoms with van der Waals surface area (Å²) >= 11 is 0. The molecule has 1 fully saturated rings. The van der Waals surface area contributed by atoms with Crippen LogP contribution in [0.15, 0.2) is 24.7 Å². The van der Waals surface area contributed by atoms with Crippen LogP contribution in [0.1, 0.15) is 6.92 Å². The molecular formula is C13H19N5O. The molecule has 0 spiro atoms. The average Bonchev–Trinajstić information content (AvgIpc) is 2.94. The van der Waals surface area contributed by atoms with Crippen molar-refractivity contribution in [2.24, 2.45) is 0 Å². The number of nitrogens with zero attached hydrogens (tertiary/aromatic N) is 4. The van der Waals surface area contributed by atoms with Crippen molar-refractivity contribution in [3.05, 3.63) is 24.7 Å². The normalized spacial score (nSPS) is 20.8. The second kappa shape index (κ2) is 5.54. The number of hydrogen-bond acceptors (Lipinski definition) is 5. The van der Waals surface area contributed by atoms with Gasteiger partial charge in [-0.05, 0) is 12.6 Å². The molecule has 1 N–H and O–H groups in total. The largest absolute Gasteiger partial charge is 0.374 e. The van der Waals surface area contributed by atoms with Gasteiger partial charge < -0.3 is 10.1 Å². The third-order valence-corrected chi connectivity index (χ3v) is 3.49. The van der Waals surface area contributed by atoms with Crippen LogP contribution in [-0.2, 0) is 4.74 Å². The molecular weight excluding hydrogens is 242 g/mol. The molecule has 1 aliphatic rings. The zero-order valence-electron chi connectivity index (χ0n) is 11.1. The monoisotopic (exact) mass is 261 g/mol. The van der Waals surface area contributed by atoms with E-state index in [0.717, 1.165) is 44.1 Å². The van der Waals surface area contributed by atoms with E-state index in [2.05, 4.69) is 27.2 Å². The molecule has 3 rings (SSSR count). The second-order valence-corrected chi connectivity index (χ2v) is 4.70. The van der Waals surface area contributed by atoms with E-state index in [4.69, 9.17) is 4.74 Å². The van der Waals surface area contributed by atoms with Crippen molar-refractivity contribution in [2.45, 2.75) is 13.0 Å². The molecule has 1 atom stereocenters. The van der Waals surface area contributed by atoms with Gasteiger partial charge in [0.15, 0.2) is 5.82 Å². The molecule has 0 bridgehead atoms. The van der Waals surface area contributed by atoms with Crippen molar-refractivity contribution in [1.29, 1.82) is 0 Å². The van der Waals surface area contributed by atoms with Crippen LogP contribution in [-0.4, -0.2) is 58.4 Å². The van der Waals surface area contributed by atoms with E-state index in [9.17, 15) is 0 Å². The summed E-state index contributed by atoms with van der Waals surface area (Å²) < 4.78 is 7.59. The Morgan fingerprint density at radius 1 is 1.47 bits per heavy atom. The molecule has 3 heterocycles.